The molecule has 2 unspecified atom stereocenters. The van der Waals surface area contributed by atoms with Crippen LogP contribution in [-0.2, 0) is 19.9 Å². The van der Waals surface area contributed by atoms with Gasteiger partial charge in [-0.15, -0.1) is 0 Å². The molecule has 2 aromatic rings. The highest BCUT2D eigenvalue weighted by atomic mass is 16.7. The standard InChI is InChI=1S/C18H18O3/c1-3-20-17(19)16-18(21-16,14-10-5-4-6-11-14)15-12-8-7-9-13(15)2/h4-12,16H,3H2,1-2H3. The Morgan fingerprint density at radius 2 is 1.81 bits per heavy atom. The van der Waals surface area contributed by atoms with Gasteiger partial charge in [0.1, 0.15) is 0 Å². The first-order valence-electron chi connectivity index (χ1n) is 7.16. The van der Waals surface area contributed by atoms with Gasteiger partial charge in [-0.25, -0.2) is 4.79 Å². The maximum Gasteiger partial charge on any atom is 0.339 e. The van der Waals surface area contributed by atoms with Crippen LogP contribution in [0.2, 0.25) is 0 Å². The Morgan fingerprint density at radius 1 is 1.14 bits per heavy atom. The average Bonchev–Trinajstić information content (AvgIpc) is 3.26. The molecule has 3 rings (SSSR count). The molecule has 108 valence electrons. The third-order valence-corrected chi connectivity index (χ3v) is 3.86. The van der Waals surface area contributed by atoms with Crippen LogP contribution in [0.4, 0.5) is 0 Å². The lowest BCUT2D eigenvalue weighted by Crippen LogP contribution is -2.23. The van der Waals surface area contributed by atoms with Crippen molar-refractivity contribution in [1.29, 1.82) is 0 Å². The van der Waals surface area contributed by atoms with Crippen molar-refractivity contribution in [3.8, 4) is 0 Å². The van der Waals surface area contributed by atoms with Crippen LogP contribution in [0.5, 0.6) is 0 Å². The lowest BCUT2D eigenvalue weighted by Gasteiger charge is -2.16. The van der Waals surface area contributed by atoms with E-state index in [1.165, 1.54) is 0 Å². The Hall–Kier alpha value is -2.13. The molecule has 0 saturated carbocycles. The highest BCUT2D eigenvalue weighted by molar-refractivity contribution is 5.82. The summed E-state index contributed by atoms with van der Waals surface area (Å²) in [5, 5.41) is 0. The van der Waals surface area contributed by atoms with Gasteiger partial charge in [0, 0.05) is 0 Å². The number of rotatable bonds is 4. The van der Waals surface area contributed by atoms with Gasteiger partial charge in [0.05, 0.1) is 6.61 Å². The Balaban J connectivity index is 2.07. The van der Waals surface area contributed by atoms with Gasteiger partial charge in [0.2, 0.25) is 0 Å². The van der Waals surface area contributed by atoms with Crippen LogP contribution in [-0.4, -0.2) is 18.7 Å². The molecule has 2 aromatic carbocycles. The SMILES string of the molecule is CCOC(=O)C1OC1(c1ccccc1)c1ccccc1C. The number of hydrogen-bond donors (Lipinski definition) is 0. The summed E-state index contributed by atoms with van der Waals surface area (Å²) in [6.45, 7) is 4.19. The second-order valence-electron chi connectivity index (χ2n) is 5.17. The summed E-state index contributed by atoms with van der Waals surface area (Å²) < 4.78 is 11.0. The lowest BCUT2D eigenvalue weighted by molar-refractivity contribution is -0.144. The predicted octanol–water partition coefficient (Wildman–Crippen LogP) is 3.20. The molecular formula is C18H18O3. The zero-order valence-corrected chi connectivity index (χ0v) is 12.2. The zero-order valence-electron chi connectivity index (χ0n) is 12.2. The molecule has 3 nitrogen and oxygen atoms in total. The third kappa shape index (κ3) is 2.24. The van der Waals surface area contributed by atoms with Crippen LogP contribution in [0, 0.1) is 6.92 Å². The van der Waals surface area contributed by atoms with Crippen molar-refractivity contribution < 1.29 is 14.3 Å². The van der Waals surface area contributed by atoms with E-state index in [0.717, 1.165) is 16.7 Å². The number of aryl methyl sites for hydroxylation is 1. The molecule has 1 heterocycles. The van der Waals surface area contributed by atoms with E-state index in [9.17, 15) is 4.79 Å². The first-order chi connectivity index (χ1) is 10.2. The molecule has 0 aliphatic carbocycles. The summed E-state index contributed by atoms with van der Waals surface area (Å²) >= 11 is 0. The molecule has 0 aromatic heterocycles. The highest BCUT2D eigenvalue weighted by Gasteiger charge is 2.64. The maximum absolute atomic E-state index is 12.1. The van der Waals surface area contributed by atoms with E-state index in [-0.39, 0.29) is 5.97 Å². The van der Waals surface area contributed by atoms with Crippen LogP contribution >= 0.6 is 0 Å². The van der Waals surface area contributed by atoms with Crippen molar-refractivity contribution in [3.05, 3.63) is 71.3 Å². The van der Waals surface area contributed by atoms with Crippen LogP contribution < -0.4 is 0 Å². The normalized spacial score (nSPS) is 23.6. The van der Waals surface area contributed by atoms with Crippen LogP contribution in [0.1, 0.15) is 23.6 Å². The number of benzene rings is 2. The van der Waals surface area contributed by atoms with Crippen molar-refractivity contribution in [2.45, 2.75) is 25.6 Å². The van der Waals surface area contributed by atoms with Gasteiger partial charge in [0.15, 0.2) is 11.7 Å². The van der Waals surface area contributed by atoms with Crippen molar-refractivity contribution in [2.24, 2.45) is 0 Å². The summed E-state index contributed by atoms with van der Waals surface area (Å²) in [5.41, 5.74) is 2.40. The second-order valence-corrected chi connectivity index (χ2v) is 5.17. The Kier molecular flexibility index (Phi) is 3.52. The van der Waals surface area contributed by atoms with Crippen LogP contribution in [0.15, 0.2) is 54.6 Å². The Morgan fingerprint density at radius 3 is 2.48 bits per heavy atom. The van der Waals surface area contributed by atoms with E-state index in [1.54, 1.807) is 6.92 Å². The minimum Gasteiger partial charge on any atom is -0.464 e. The van der Waals surface area contributed by atoms with Crippen molar-refractivity contribution in [2.75, 3.05) is 6.61 Å². The summed E-state index contributed by atoms with van der Waals surface area (Å²) in [5.74, 6) is -0.301. The number of carbonyl (C=O) groups is 1. The van der Waals surface area contributed by atoms with E-state index < -0.39 is 11.7 Å². The molecule has 21 heavy (non-hydrogen) atoms. The van der Waals surface area contributed by atoms with Crippen molar-refractivity contribution >= 4 is 5.97 Å². The number of esters is 1. The highest BCUT2D eigenvalue weighted by Crippen LogP contribution is 2.53. The monoisotopic (exact) mass is 282 g/mol. The fourth-order valence-electron chi connectivity index (χ4n) is 2.84. The fraction of sp³-hybridized carbons (Fsp3) is 0.278. The van der Waals surface area contributed by atoms with Gasteiger partial charge in [0.25, 0.3) is 0 Å². The molecule has 0 amide bonds. The molecule has 1 saturated heterocycles. The molecule has 1 aliphatic rings. The van der Waals surface area contributed by atoms with E-state index in [1.807, 2.05) is 61.5 Å². The summed E-state index contributed by atoms with van der Waals surface area (Å²) in [6.07, 6.45) is -0.569. The zero-order chi connectivity index (χ0) is 14.9. The van der Waals surface area contributed by atoms with Gasteiger partial charge in [-0.2, -0.15) is 0 Å². The van der Waals surface area contributed by atoms with Gasteiger partial charge >= 0.3 is 5.97 Å². The molecule has 0 spiro atoms. The van der Waals surface area contributed by atoms with Crippen LogP contribution in [0.25, 0.3) is 0 Å². The Bertz CT molecular complexity index is 651. The quantitative estimate of drug-likeness (QED) is 0.638. The van der Waals surface area contributed by atoms with Gasteiger partial charge < -0.3 is 9.47 Å². The van der Waals surface area contributed by atoms with E-state index in [0.29, 0.717) is 6.61 Å². The number of carbonyl (C=O) groups excluding carboxylic acids is 1. The number of ether oxygens (including phenoxy) is 2. The summed E-state index contributed by atoms with van der Waals surface area (Å²) in [6, 6.07) is 17.9. The van der Waals surface area contributed by atoms with Crippen LogP contribution in [0.3, 0.4) is 0 Å². The van der Waals surface area contributed by atoms with Gasteiger partial charge in [-0.05, 0) is 30.5 Å². The van der Waals surface area contributed by atoms with Gasteiger partial charge in [-0.1, -0.05) is 54.6 Å². The number of hydrogen-bond acceptors (Lipinski definition) is 3. The third-order valence-electron chi connectivity index (χ3n) is 3.86. The molecule has 1 aliphatic heterocycles. The van der Waals surface area contributed by atoms with E-state index in [4.69, 9.17) is 9.47 Å². The second kappa shape index (κ2) is 5.34. The smallest absolute Gasteiger partial charge is 0.339 e. The topological polar surface area (TPSA) is 38.8 Å². The first-order valence-corrected chi connectivity index (χ1v) is 7.16. The lowest BCUT2D eigenvalue weighted by atomic mass is 9.85. The molecule has 3 heteroatoms. The minimum absolute atomic E-state index is 0.301. The van der Waals surface area contributed by atoms with Crippen molar-refractivity contribution in [1.82, 2.24) is 0 Å². The average molecular weight is 282 g/mol. The molecule has 2 atom stereocenters. The van der Waals surface area contributed by atoms with Crippen molar-refractivity contribution in [3.63, 3.8) is 0 Å². The summed E-state index contributed by atoms with van der Waals surface area (Å²) in [4.78, 5) is 12.1. The Labute approximate surface area is 124 Å². The molecule has 0 N–H and O–H groups in total. The molecular weight excluding hydrogens is 264 g/mol. The fourth-order valence-corrected chi connectivity index (χ4v) is 2.84. The largest absolute Gasteiger partial charge is 0.464 e. The van der Waals surface area contributed by atoms with E-state index in [2.05, 4.69) is 0 Å². The van der Waals surface area contributed by atoms with E-state index >= 15 is 0 Å². The molecule has 0 bridgehead atoms. The number of epoxide rings is 1. The minimum atomic E-state index is -0.709. The molecule has 0 radical (unpaired) electrons. The summed E-state index contributed by atoms with van der Waals surface area (Å²) in [7, 11) is 0. The first kappa shape index (κ1) is 13.8. The predicted molar refractivity (Wildman–Crippen MR) is 79.9 cm³/mol. The molecule has 1 fully saturated rings. The maximum atomic E-state index is 12.1. The van der Waals surface area contributed by atoms with Gasteiger partial charge in [-0.3, -0.25) is 0 Å².